The summed E-state index contributed by atoms with van der Waals surface area (Å²) >= 11 is 1.33. The molecule has 0 fully saturated rings. The molecule has 3 aromatic rings. The topological polar surface area (TPSA) is 93.7 Å². The van der Waals surface area contributed by atoms with E-state index in [0.29, 0.717) is 21.9 Å². The zero-order valence-corrected chi connectivity index (χ0v) is 21.6. The monoisotopic (exact) mass is 494 g/mol. The number of rotatable bonds is 8. The summed E-state index contributed by atoms with van der Waals surface area (Å²) < 4.78 is 10.9. The van der Waals surface area contributed by atoms with E-state index in [4.69, 9.17) is 9.47 Å². The summed E-state index contributed by atoms with van der Waals surface area (Å²) in [5.74, 6) is -0.624. The lowest BCUT2D eigenvalue weighted by Gasteiger charge is -2.16. The first-order valence-electron chi connectivity index (χ1n) is 11.3. The Morgan fingerprint density at radius 1 is 0.943 bits per heavy atom. The van der Waals surface area contributed by atoms with Crippen molar-refractivity contribution < 1.29 is 23.9 Å². The highest BCUT2D eigenvalue weighted by atomic mass is 32.1. The van der Waals surface area contributed by atoms with Gasteiger partial charge < -0.3 is 20.1 Å². The third kappa shape index (κ3) is 6.08. The molecule has 2 aromatic carbocycles. The van der Waals surface area contributed by atoms with Gasteiger partial charge in [0.05, 0.1) is 12.2 Å². The van der Waals surface area contributed by atoms with Crippen molar-refractivity contribution >= 4 is 39.8 Å². The van der Waals surface area contributed by atoms with E-state index in [2.05, 4.69) is 10.6 Å². The number of hydrogen-bond acceptors (Lipinski definition) is 6. The van der Waals surface area contributed by atoms with Crippen molar-refractivity contribution in [3.05, 3.63) is 75.2 Å². The molecule has 35 heavy (non-hydrogen) atoms. The number of hydrogen-bond donors (Lipinski definition) is 2. The number of esters is 1. The van der Waals surface area contributed by atoms with Gasteiger partial charge in [-0.25, -0.2) is 4.79 Å². The fraction of sp³-hybridized carbons (Fsp3) is 0.296. The summed E-state index contributed by atoms with van der Waals surface area (Å²) in [5.41, 5.74) is 4.41. The summed E-state index contributed by atoms with van der Waals surface area (Å²) in [4.78, 5) is 38.7. The number of carbonyl (C=O) groups is 3. The van der Waals surface area contributed by atoms with Crippen LogP contribution in [0.1, 0.15) is 56.1 Å². The average Bonchev–Trinajstić information content (AvgIpc) is 3.10. The molecule has 1 atom stereocenters. The second-order valence-electron chi connectivity index (χ2n) is 8.18. The standard InChI is InChI=1S/C27H30N2O5S/c1-7-33-27(32)23-17(4)19(6)35-26(23)29-25(31)20-11-13-21(14-12-20)34-18(5)24(30)28-22-10-8-9-15(2)16(22)3/h8-14,18H,7H2,1-6H3,(H,28,30)(H,29,31). The highest BCUT2D eigenvalue weighted by molar-refractivity contribution is 7.16. The molecule has 2 amide bonds. The lowest BCUT2D eigenvalue weighted by Crippen LogP contribution is -2.30. The predicted molar refractivity (Wildman–Crippen MR) is 139 cm³/mol. The predicted octanol–water partition coefficient (Wildman–Crippen LogP) is 5.82. The SMILES string of the molecule is CCOC(=O)c1c(NC(=O)c2ccc(OC(C)C(=O)Nc3cccc(C)c3C)cc2)sc(C)c1C. The molecule has 0 aliphatic heterocycles. The van der Waals surface area contributed by atoms with Crippen LogP contribution < -0.4 is 15.4 Å². The molecule has 0 saturated carbocycles. The van der Waals surface area contributed by atoms with Gasteiger partial charge >= 0.3 is 5.97 Å². The number of benzene rings is 2. The lowest BCUT2D eigenvalue weighted by molar-refractivity contribution is -0.122. The molecule has 1 aromatic heterocycles. The molecule has 0 bridgehead atoms. The Kier molecular flexibility index (Phi) is 8.30. The zero-order valence-electron chi connectivity index (χ0n) is 20.8. The lowest BCUT2D eigenvalue weighted by atomic mass is 10.1. The van der Waals surface area contributed by atoms with Crippen LogP contribution >= 0.6 is 11.3 Å². The third-order valence-electron chi connectivity index (χ3n) is 5.75. The van der Waals surface area contributed by atoms with Crippen LogP contribution in [-0.2, 0) is 9.53 Å². The first-order valence-corrected chi connectivity index (χ1v) is 12.2. The number of amides is 2. The van der Waals surface area contributed by atoms with Crippen molar-refractivity contribution in [3.63, 3.8) is 0 Å². The summed E-state index contributed by atoms with van der Waals surface area (Å²) in [7, 11) is 0. The highest BCUT2D eigenvalue weighted by Crippen LogP contribution is 2.33. The molecule has 7 nitrogen and oxygen atoms in total. The molecular formula is C27H30N2O5S. The van der Waals surface area contributed by atoms with Crippen LogP contribution in [0, 0.1) is 27.7 Å². The van der Waals surface area contributed by atoms with Crippen LogP contribution in [0.15, 0.2) is 42.5 Å². The second-order valence-corrected chi connectivity index (χ2v) is 9.41. The van der Waals surface area contributed by atoms with Gasteiger partial charge in [-0.3, -0.25) is 9.59 Å². The average molecular weight is 495 g/mol. The molecule has 1 heterocycles. The van der Waals surface area contributed by atoms with Crippen LogP contribution in [0.2, 0.25) is 0 Å². The van der Waals surface area contributed by atoms with E-state index in [1.165, 1.54) is 11.3 Å². The Morgan fingerprint density at radius 2 is 1.63 bits per heavy atom. The fourth-order valence-electron chi connectivity index (χ4n) is 3.40. The Hall–Kier alpha value is -3.65. The van der Waals surface area contributed by atoms with E-state index in [0.717, 1.165) is 27.3 Å². The Morgan fingerprint density at radius 3 is 2.29 bits per heavy atom. The molecule has 2 N–H and O–H groups in total. The van der Waals surface area contributed by atoms with Gasteiger partial charge in [0.25, 0.3) is 11.8 Å². The van der Waals surface area contributed by atoms with E-state index in [1.54, 1.807) is 38.1 Å². The molecule has 1 unspecified atom stereocenters. The van der Waals surface area contributed by atoms with Gasteiger partial charge in [-0.05, 0) is 88.6 Å². The van der Waals surface area contributed by atoms with E-state index < -0.39 is 12.1 Å². The van der Waals surface area contributed by atoms with Gasteiger partial charge in [-0.1, -0.05) is 12.1 Å². The van der Waals surface area contributed by atoms with Crippen molar-refractivity contribution in [2.24, 2.45) is 0 Å². The molecule has 0 radical (unpaired) electrons. The maximum absolute atomic E-state index is 12.8. The first kappa shape index (κ1) is 26.0. The van der Waals surface area contributed by atoms with Crippen molar-refractivity contribution in [1.82, 2.24) is 0 Å². The minimum atomic E-state index is -0.737. The van der Waals surface area contributed by atoms with Crippen LogP contribution in [0.3, 0.4) is 0 Å². The Labute approximate surface area is 209 Å². The highest BCUT2D eigenvalue weighted by Gasteiger charge is 2.22. The van der Waals surface area contributed by atoms with Gasteiger partial charge in [0.2, 0.25) is 0 Å². The summed E-state index contributed by atoms with van der Waals surface area (Å²) in [5, 5.41) is 6.17. The number of ether oxygens (including phenoxy) is 2. The maximum atomic E-state index is 12.8. The largest absolute Gasteiger partial charge is 0.481 e. The molecule has 0 aliphatic carbocycles. The van der Waals surface area contributed by atoms with E-state index in [1.807, 2.05) is 45.9 Å². The summed E-state index contributed by atoms with van der Waals surface area (Å²) in [6, 6.07) is 12.2. The van der Waals surface area contributed by atoms with E-state index in [-0.39, 0.29) is 18.4 Å². The third-order valence-corrected chi connectivity index (χ3v) is 6.88. The fourth-order valence-corrected chi connectivity index (χ4v) is 4.45. The van der Waals surface area contributed by atoms with Gasteiger partial charge in [0.15, 0.2) is 6.10 Å². The Balaban J connectivity index is 1.65. The number of anilines is 2. The normalized spacial score (nSPS) is 11.5. The number of aryl methyl sites for hydroxylation is 2. The number of thiophene rings is 1. The van der Waals surface area contributed by atoms with Crippen LogP contribution in [0.4, 0.5) is 10.7 Å². The number of nitrogens with one attached hydrogen (secondary N) is 2. The van der Waals surface area contributed by atoms with E-state index >= 15 is 0 Å². The molecule has 0 saturated heterocycles. The minimum absolute atomic E-state index is 0.253. The van der Waals surface area contributed by atoms with Crippen molar-refractivity contribution in [2.75, 3.05) is 17.2 Å². The first-order chi connectivity index (χ1) is 16.6. The second kappa shape index (κ2) is 11.2. The van der Waals surface area contributed by atoms with Crippen LogP contribution in [0.25, 0.3) is 0 Å². The number of carbonyl (C=O) groups excluding carboxylic acids is 3. The molecule has 3 rings (SSSR count). The molecule has 8 heteroatoms. The maximum Gasteiger partial charge on any atom is 0.341 e. The van der Waals surface area contributed by atoms with Crippen molar-refractivity contribution in [2.45, 2.75) is 47.6 Å². The van der Waals surface area contributed by atoms with Crippen LogP contribution in [-0.4, -0.2) is 30.5 Å². The van der Waals surface area contributed by atoms with E-state index in [9.17, 15) is 14.4 Å². The summed E-state index contributed by atoms with van der Waals surface area (Å²) in [6.45, 7) is 11.3. The van der Waals surface area contributed by atoms with Gasteiger partial charge in [0, 0.05) is 16.1 Å². The molecule has 184 valence electrons. The Bertz CT molecular complexity index is 1250. The van der Waals surface area contributed by atoms with Crippen LogP contribution in [0.5, 0.6) is 5.75 Å². The molecule has 0 spiro atoms. The van der Waals surface area contributed by atoms with Gasteiger partial charge in [-0.2, -0.15) is 0 Å². The quantitative estimate of drug-likeness (QED) is 0.385. The van der Waals surface area contributed by atoms with Crippen molar-refractivity contribution in [1.29, 1.82) is 0 Å². The molecular weight excluding hydrogens is 464 g/mol. The van der Waals surface area contributed by atoms with Gasteiger partial charge in [0.1, 0.15) is 10.8 Å². The zero-order chi connectivity index (χ0) is 25.7. The van der Waals surface area contributed by atoms with Crippen molar-refractivity contribution in [3.8, 4) is 5.75 Å². The minimum Gasteiger partial charge on any atom is -0.481 e. The molecule has 0 aliphatic rings. The van der Waals surface area contributed by atoms with Gasteiger partial charge in [-0.15, -0.1) is 11.3 Å². The summed E-state index contributed by atoms with van der Waals surface area (Å²) in [6.07, 6.45) is -0.737. The smallest absolute Gasteiger partial charge is 0.341 e.